The Kier molecular flexibility index (Phi) is 3.86. The highest BCUT2D eigenvalue weighted by atomic mass is 19.4. The van der Waals surface area contributed by atoms with Crippen LogP contribution in [0, 0.1) is 0 Å². The summed E-state index contributed by atoms with van der Waals surface area (Å²) < 4.78 is 40.0. The quantitative estimate of drug-likeness (QED) is 0.734. The van der Waals surface area contributed by atoms with E-state index >= 15 is 0 Å². The first kappa shape index (κ1) is 16.5. The minimum atomic E-state index is -4.62. The van der Waals surface area contributed by atoms with Crippen LogP contribution in [0.3, 0.4) is 0 Å². The van der Waals surface area contributed by atoms with Crippen molar-refractivity contribution in [2.75, 3.05) is 5.32 Å². The average Bonchev–Trinajstić information content (AvgIpc) is 3.45. The van der Waals surface area contributed by atoms with E-state index in [1.54, 1.807) is 42.5 Å². The number of alkyl halides is 3. The number of nitrogens with one attached hydrogen (secondary N) is 1. The number of amides is 1. The van der Waals surface area contributed by atoms with Gasteiger partial charge >= 0.3 is 6.18 Å². The highest BCUT2D eigenvalue weighted by Gasteiger charge is 2.37. The van der Waals surface area contributed by atoms with Gasteiger partial charge in [-0.3, -0.25) is 4.79 Å². The van der Waals surface area contributed by atoms with Crippen LogP contribution in [0.1, 0.15) is 40.5 Å². The van der Waals surface area contributed by atoms with Crippen molar-refractivity contribution in [1.82, 2.24) is 10.2 Å². The summed E-state index contributed by atoms with van der Waals surface area (Å²) in [5, 5.41) is 10.3. The fourth-order valence-corrected chi connectivity index (χ4v) is 2.91. The molecule has 0 radical (unpaired) electrons. The number of nitrogens with zero attached hydrogens (tertiary/aromatic N) is 2. The molecule has 0 saturated heterocycles. The molecular formula is C19H14F3N3O. The number of carbonyl (C=O) groups is 1. The van der Waals surface area contributed by atoms with Crippen LogP contribution in [0.2, 0.25) is 0 Å². The maximum atomic E-state index is 13.3. The third-order valence-corrected chi connectivity index (χ3v) is 4.33. The highest BCUT2D eigenvalue weighted by molar-refractivity contribution is 6.05. The van der Waals surface area contributed by atoms with Crippen molar-refractivity contribution in [2.45, 2.75) is 24.9 Å². The number of halogens is 3. The van der Waals surface area contributed by atoms with Crippen LogP contribution in [0.4, 0.5) is 18.9 Å². The fourth-order valence-electron chi connectivity index (χ4n) is 2.91. The summed E-state index contributed by atoms with van der Waals surface area (Å²) in [4.78, 5) is 12.3. The molecule has 4 rings (SSSR count). The maximum Gasteiger partial charge on any atom is 0.435 e. The lowest BCUT2D eigenvalue weighted by Gasteiger charge is -2.13. The van der Waals surface area contributed by atoms with Crippen LogP contribution in [0.25, 0.3) is 10.8 Å². The van der Waals surface area contributed by atoms with Crippen molar-refractivity contribution >= 4 is 22.4 Å². The standard InChI is InChI=1S/C19H14F3N3O/c20-19(21,22)17-15-10-13(23-18(26)12-4-2-1-3-5-12)8-9-14(15)16(24-25-17)11-6-7-11/h1-5,8-11H,6-7H2,(H,23,26). The molecule has 0 bridgehead atoms. The number of rotatable bonds is 3. The third kappa shape index (κ3) is 3.12. The average molecular weight is 357 g/mol. The number of anilines is 1. The molecular weight excluding hydrogens is 343 g/mol. The molecule has 2 aromatic carbocycles. The van der Waals surface area contributed by atoms with Crippen molar-refractivity contribution in [3.63, 3.8) is 0 Å². The summed E-state index contributed by atoms with van der Waals surface area (Å²) in [5.74, 6) is -0.222. The van der Waals surface area contributed by atoms with Gasteiger partial charge in [0, 0.05) is 27.9 Å². The third-order valence-electron chi connectivity index (χ3n) is 4.33. The summed E-state index contributed by atoms with van der Waals surface area (Å²) >= 11 is 0. The summed E-state index contributed by atoms with van der Waals surface area (Å²) in [5.41, 5.74) is 0.267. The Hall–Kier alpha value is -2.96. The molecule has 1 fully saturated rings. The van der Waals surface area contributed by atoms with Crippen LogP contribution in [-0.4, -0.2) is 16.1 Å². The number of carbonyl (C=O) groups excluding carboxylic acids is 1. The van der Waals surface area contributed by atoms with E-state index < -0.39 is 11.9 Å². The van der Waals surface area contributed by atoms with E-state index in [-0.39, 0.29) is 22.9 Å². The minimum absolute atomic E-state index is 0.0414. The SMILES string of the molecule is O=C(Nc1ccc2c(C3CC3)nnc(C(F)(F)F)c2c1)c1ccccc1. The Morgan fingerprint density at radius 2 is 1.73 bits per heavy atom. The van der Waals surface area contributed by atoms with Crippen LogP contribution >= 0.6 is 0 Å². The van der Waals surface area contributed by atoms with E-state index in [1.165, 1.54) is 6.07 Å². The fraction of sp³-hybridized carbons (Fsp3) is 0.211. The lowest BCUT2D eigenvalue weighted by atomic mass is 10.0. The number of hydrogen-bond donors (Lipinski definition) is 1. The zero-order chi connectivity index (χ0) is 18.3. The van der Waals surface area contributed by atoms with Gasteiger partial charge in [0.2, 0.25) is 0 Å². The van der Waals surface area contributed by atoms with Gasteiger partial charge in [-0.2, -0.15) is 18.3 Å². The van der Waals surface area contributed by atoms with E-state index in [1.807, 2.05) is 0 Å². The largest absolute Gasteiger partial charge is 0.435 e. The molecule has 1 aromatic heterocycles. The zero-order valence-electron chi connectivity index (χ0n) is 13.5. The Morgan fingerprint density at radius 3 is 2.38 bits per heavy atom. The van der Waals surface area contributed by atoms with Gasteiger partial charge in [-0.15, -0.1) is 5.10 Å². The van der Waals surface area contributed by atoms with Gasteiger partial charge in [0.05, 0.1) is 5.69 Å². The maximum absolute atomic E-state index is 13.3. The summed E-state index contributed by atoms with van der Waals surface area (Å²) in [7, 11) is 0. The Morgan fingerprint density at radius 1 is 1.00 bits per heavy atom. The van der Waals surface area contributed by atoms with Crippen molar-refractivity contribution in [1.29, 1.82) is 0 Å². The lowest BCUT2D eigenvalue weighted by Crippen LogP contribution is -2.13. The van der Waals surface area contributed by atoms with Crippen molar-refractivity contribution in [3.8, 4) is 0 Å². The number of benzene rings is 2. The predicted octanol–water partition coefficient (Wildman–Crippen LogP) is 4.78. The predicted molar refractivity (Wildman–Crippen MR) is 90.9 cm³/mol. The Labute approximate surface area is 147 Å². The monoisotopic (exact) mass is 357 g/mol. The van der Waals surface area contributed by atoms with Gasteiger partial charge in [-0.25, -0.2) is 0 Å². The molecule has 7 heteroatoms. The molecule has 0 atom stereocenters. The molecule has 1 amide bonds. The molecule has 3 aromatic rings. The van der Waals surface area contributed by atoms with Crippen LogP contribution in [0.15, 0.2) is 48.5 Å². The van der Waals surface area contributed by atoms with E-state index in [2.05, 4.69) is 15.5 Å². The molecule has 0 unspecified atom stereocenters. The molecule has 0 spiro atoms. The van der Waals surface area contributed by atoms with E-state index in [4.69, 9.17) is 0 Å². The van der Waals surface area contributed by atoms with Gasteiger partial charge in [0.15, 0.2) is 5.69 Å². The van der Waals surface area contributed by atoms with Gasteiger partial charge in [0.1, 0.15) is 0 Å². The molecule has 1 N–H and O–H groups in total. The number of aromatic nitrogens is 2. The number of fused-ring (bicyclic) bond motifs is 1. The van der Waals surface area contributed by atoms with Crippen LogP contribution < -0.4 is 5.32 Å². The first-order chi connectivity index (χ1) is 12.4. The summed E-state index contributed by atoms with van der Waals surface area (Å²) in [6, 6.07) is 13.0. The normalized spacial score (nSPS) is 14.4. The lowest BCUT2D eigenvalue weighted by molar-refractivity contribution is -0.140. The molecule has 0 aliphatic heterocycles. The van der Waals surface area contributed by atoms with E-state index in [9.17, 15) is 18.0 Å². The van der Waals surface area contributed by atoms with Crippen molar-refractivity contribution < 1.29 is 18.0 Å². The van der Waals surface area contributed by atoms with Gasteiger partial charge in [-0.1, -0.05) is 24.3 Å². The highest BCUT2D eigenvalue weighted by Crippen LogP contribution is 2.44. The second kappa shape index (κ2) is 6.09. The van der Waals surface area contributed by atoms with Crippen LogP contribution in [0.5, 0.6) is 0 Å². The van der Waals surface area contributed by atoms with Crippen molar-refractivity contribution in [2.24, 2.45) is 0 Å². The van der Waals surface area contributed by atoms with Gasteiger partial charge < -0.3 is 5.32 Å². The summed E-state index contributed by atoms with van der Waals surface area (Å²) in [6.07, 6.45) is -2.81. The molecule has 4 nitrogen and oxygen atoms in total. The van der Waals surface area contributed by atoms with Crippen molar-refractivity contribution in [3.05, 3.63) is 65.5 Å². The topological polar surface area (TPSA) is 54.9 Å². The van der Waals surface area contributed by atoms with E-state index in [0.717, 1.165) is 12.8 Å². The van der Waals surface area contributed by atoms with E-state index in [0.29, 0.717) is 16.6 Å². The van der Waals surface area contributed by atoms with Crippen LogP contribution in [-0.2, 0) is 6.18 Å². The van der Waals surface area contributed by atoms with Gasteiger partial charge in [0.25, 0.3) is 5.91 Å². The molecule has 132 valence electrons. The molecule has 26 heavy (non-hydrogen) atoms. The molecule has 1 aliphatic rings. The Balaban J connectivity index is 1.77. The second-order valence-corrected chi connectivity index (χ2v) is 6.29. The summed E-state index contributed by atoms with van der Waals surface area (Å²) in [6.45, 7) is 0. The zero-order valence-corrected chi connectivity index (χ0v) is 13.5. The molecule has 1 heterocycles. The first-order valence-electron chi connectivity index (χ1n) is 8.17. The molecule has 1 saturated carbocycles. The molecule has 1 aliphatic carbocycles. The first-order valence-corrected chi connectivity index (χ1v) is 8.17. The number of hydrogen-bond acceptors (Lipinski definition) is 3. The van der Waals surface area contributed by atoms with Gasteiger partial charge in [-0.05, 0) is 37.1 Å². The minimum Gasteiger partial charge on any atom is -0.322 e. The second-order valence-electron chi connectivity index (χ2n) is 6.29. The smallest absolute Gasteiger partial charge is 0.322 e. The Bertz CT molecular complexity index is 982.